The van der Waals surface area contributed by atoms with Crippen molar-refractivity contribution in [3.8, 4) is 0 Å². The van der Waals surface area contributed by atoms with E-state index >= 15 is 0 Å². The molecule has 0 saturated carbocycles. The molecule has 17 heavy (non-hydrogen) atoms. The van der Waals surface area contributed by atoms with E-state index < -0.39 is 23.2 Å². The SMILES string of the molecule is CCC[CH2][Sn]([CH2]CCC)([CH2]CCC)[Si](C)(C)C. The summed E-state index contributed by atoms with van der Waals surface area (Å²) in [4.78, 5) is 0. The topological polar surface area (TPSA) is 0 Å². The zero-order chi connectivity index (χ0) is 13.4. The third-order valence-electron chi connectivity index (χ3n) is 4.62. The molecular weight excluding hydrogens is 327 g/mol. The summed E-state index contributed by atoms with van der Waals surface area (Å²) in [6.07, 6.45) is 8.86. The molecule has 0 aliphatic rings. The summed E-state index contributed by atoms with van der Waals surface area (Å²) in [6.45, 7) is 15.2. The van der Waals surface area contributed by atoms with Gasteiger partial charge in [0.1, 0.15) is 0 Å². The molecule has 0 heterocycles. The van der Waals surface area contributed by atoms with Crippen LogP contribution in [0.25, 0.3) is 0 Å². The maximum atomic E-state index is 2.70. The Morgan fingerprint density at radius 2 is 0.941 bits per heavy atom. The van der Waals surface area contributed by atoms with E-state index in [-0.39, 0.29) is 0 Å². The van der Waals surface area contributed by atoms with Crippen LogP contribution in [-0.4, -0.2) is 23.2 Å². The van der Waals surface area contributed by atoms with Crippen molar-refractivity contribution in [3.63, 3.8) is 0 Å². The quantitative estimate of drug-likeness (QED) is 0.402. The Labute approximate surface area is 115 Å². The molecule has 104 valence electrons. The average molecular weight is 363 g/mol. The molecule has 0 nitrogen and oxygen atoms in total. The molecule has 2 heteroatoms. The third kappa shape index (κ3) is 6.13. The van der Waals surface area contributed by atoms with Crippen LogP contribution in [0.2, 0.25) is 33.0 Å². The first-order valence-electron chi connectivity index (χ1n) is 7.93. The average Bonchev–Trinajstić information content (AvgIpc) is 2.27. The van der Waals surface area contributed by atoms with Gasteiger partial charge < -0.3 is 0 Å². The van der Waals surface area contributed by atoms with Crippen molar-refractivity contribution >= 4 is 23.2 Å². The van der Waals surface area contributed by atoms with Gasteiger partial charge in [-0.25, -0.2) is 0 Å². The van der Waals surface area contributed by atoms with Crippen molar-refractivity contribution in [3.05, 3.63) is 0 Å². The monoisotopic (exact) mass is 364 g/mol. The van der Waals surface area contributed by atoms with Crippen LogP contribution >= 0.6 is 0 Å². The summed E-state index contributed by atoms with van der Waals surface area (Å²) >= 11 is -1.77. The minimum atomic E-state index is -1.77. The molecule has 0 rings (SSSR count). The zero-order valence-electron chi connectivity index (χ0n) is 13.4. The van der Waals surface area contributed by atoms with E-state index in [1.807, 2.05) is 0 Å². The van der Waals surface area contributed by atoms with Crippen LogP contribution in [0.4, 0.5) is 0 Å². The maximum absolute atomic E-state index is 2.70. The van der Waals surface area contributed by atoms with Crippen LogP contribution in [-0.2, 0) is 0 Å². The molecule has 0 aromatic heterocycles. The molecule has 0 saturated heterocycles. The molecule has 0 atom stereocenters. The van der Waals surface area contributed by atoms with Crippen molar-refractivity contribution in [2.45, 2.75) is 92.2 Å². The predicted molar refractivity (Wildman–Crippen MR) is 88.2 cm³/mol. The fraction of sp³-hybridized carbons (Fsp3) is 1.00. The molecule has 0 fully saturated rings. The van der Waals surface area contributed by atoms with Crippen LogP contribution in [0.3, 0.4) is 0 Å². The summed E-state index contributed by atoms with van der Waals surface area (Å²) in [7, 11) is 0. The second-order valence-electron chi connectivity index (χ2n) is 6.84. The molecule has 0 radical (unpaired) electrons. The Morgan fingerprint density at radius 3 is 1.12 bits per heavy atom. The standard InChI is InChI=1S/3C4H9.C3H9Si.Sn/c3*1-3-4-2;1-4(2)3;/h3*1,3-4H2,2H3;1-3H3;. The van der Waals surface area contributed by atoms with E-state index in [1.54, 1.807) is 13.3 Å². The Morgan fingerprint density at radius 1 is 0.647 bits per heavy atom. The van der Waals surface area contributed by atoms with Crippen LogP contribution in [0.1, 0.15) is 59.3 Å². The van der Waals surface area contributed by atoms with Crippen molar-refractivity contribution in [2.24, 2.45) is 0 Å². The Kier molecular flexibility index (Phi) is 9.54. The molecule has 0 aromatic rings. The molecule has 0 amide bonds. The summed E-state index contributed by atoms with van der Waals surface area (Å²) in [6, 6.07) is 0. The summed E-state index contributed by atoms with van der Waals surface area (Å²) in [5.74, 6) is 0. The van der Waals surface area contributed by atoms with Crippen molar-refractivity contribution in [1.29, 1.82) is 0 Å². The predicted octanol–water partition coefficient (Wildman–Crippen LogP) is 6.25. The number of unbranched alkanes of at least 4 members (excludes halogenated alkanes) is 3. The van der Waals surface area contributed by atoms with E-state index in [2.05, 4.69) is 40.4 Å². The van der Waals surface area contributed by atoms with Gasteiger partial charge in [0.25, 0.3) is 0 Å². The van der Waals surface area contributed by atoms with Gasteiger partial charge in [-0.2, -0.15) is 0 Å². The number of rotatable bonds is 10. The Bertz CT molecular complexity index is 162. The van der Waals surface area contributed by atoms with Gasteiger partial charge in [-0.05, 0) is 0 Å². The summed E-state index contributed by atoms with van der Waals surface area (Å²) in [5.41, 5.74) is -0.839. The first-order chi connectivity index (χ1) is 7.93. The van der Waals surface area contributed by atoms with E-state index in [1.165, 1.54) is 38.5 Å². The molecule has 0 N–H and O–H groups in total. The zero-order valence-corrected chi connectivity index (χ0v) is 17.2. The minimum absolute atomic E-state index is 0.839. The summed E-state index contributed by atoms with van der Waals surface area (Å²) < 4.78 is 5.13. The van der Waals surface area contributed by atoms with Crippen LogP contribution in [0, 0.1) is 0 Å². The van der Waals surface area contributed by atoms with Crippen LogP contribution in [0.15, 0.2) is 0 Å². The molecule has 0 spiro atoms. The fourth-order valence-corrected chi connectivity index (χ4v) is 39.1. The van der Waals surface area contributed by atoms with E-state index in [0.29, 0.717) is 0 Å². The van der Waals surface area contributed by atoms with Gasteiger partial charge in [-0.3, -0.25) is 0 Å². The second-order valence-corrected chi connectivity index (χ2v) is 42.9. The number of hydrogen-bond donors (Lipinski definition) is 0. The molecule has 0 unspecified atom stereocenters. The molecule has 0 aromatic carbocycles. The van der Waals surface area contributed by atoms with Gasteiger partial charge in [-0.1, -0.05) is 0 Å². The third-order valence-corrected chi connectivity index (χ3v) is 51.3. The first-order valence-corrected chi connectivity index (χ1v) is 21.8. The number of hydrogen-bond acceptors (Lipinski definition) is 0. The Balaban J connectivity index is 4.78. The van der Waals surface area contributed by atoms with E-state index in [4.69, 9.17) is 0 Å². The van der Waals surface area contributed by atoms with Crippen LogP contribution in [0.5, 0.6) is 0 Å². The van der Waals surface area contributed by atoms with Crippen molar-refractivity contribution in [2.75, 3.05) is 0 Å². The molecule has 0 bridgehead atoms. The van der Waals surface area contributed by atoms with Gasteiger partial charge >= 0.3 is 115 Å². The Hall–Kier alpha value is 1.02. The summed E-state index contributed by atoms with van der Waals surface area (Å²) in [5, 5.41) is 0. The molecule has 0 aliphatic carbocycles. The molecular formula is C15H36SiSn. The van der Waals surface area contributed by atoms with Gasteiger partial charge in [-0.15, -0.1) is 0 Å². The van der Waals surface area contributed by atoms with Gasteiger partial charge in [0.05, 0.1) is 0 Å². The molecule has 0 aliphatic heterocycles. The van der Waals surface area contributed by atoms with Crippen molar-refractivity contribution in [1.82, 2.24) is 0 Å². The van der Waals surface area contributed by atoms with Gasteiger partial charge in [0.2, 0.25) is 0 Å². The van der Waals surface area contributed by atoms with E-state index in [9.17, 15) is 0 Å². The van der Waals surface area contributed by atoms with Gasteiger partial charge in [0, 0.05) is 0 Å². The van der Waals surface area contributed by atoms with E-state index in [0.717, 1.165) is 0 Å². The fourth-order valence-electron chi connectivity index (χ4n) is 3.05. The first kappa shape index (κ1) is 18.0. The van der Waals surface area contributed by atoms with Crippen molar-refractivity contribution < 1.29 is 0 Å². The second kappa shape index (κ2) is 9.00. The normalized spacial score (nSPS) is 13.1. The van der Waals surface area contributed by atoms with Gasteiger partial charge in [0.15, 0.2) is 0 Å². The van der Waals surface area contributed by atoms with Crippen LogP contribution < -0.4 is 0 Å².